The highest BCUT2D eigenvalue weighted by Gasteiger charge is 2.06. The summed E-state index contributed by atoms with van der Waals surface area (Å²) in [5.74, 6) is 1.64. The standard InChI is InChI=1S/C13H13N3O2S/c1-8-5-10(18-16-8)7-14-13-15-11-4-3-9(17-2)6-12(11)19-13/h3-6H,7H2,1-2H3,(H,14,15). The van der Waals surface area contributed by atoms with E-state index in [-0.39, 0.29) is 0 Å². The summed E-state index contributed by atoms with van der Waals surface area (Å²) in [7, 11) is 1.66. The molecule has 0 saturated carbocycles. The van der Waals surface area contributed by atoms with E-state index in [1.54, 1.807) is 18.4 Å². The maximum absolute atomic E-state index is 5.20. The number of thiazole rings is 1. The van der Waals surface area contributed by atoms with Gasteiger partial charge in [0.15, 0.2) is 10.9 Å². The van der Waals surface area contributed by atoms with Crippen LogP contribution in [0.15, 0.2) is 28.8 Å². The molecule has 3 aromatic rings. The summed E-state index contributed by atoms with van der Waals surface area (Å²) in [6.07, 6.45) is 0. The Morgan fingerprint density at radius 3 is 3.00 bits per heavy atom. The molecule has 0 bridgehead atoms. The molecule has 0 unspecified atom stereocenters. The number of fused-ring (bicyclic) bond motifs is 1. The van der Waals surface area contributed by atoms with Crippen LogP contribution in [-0.4, -0.2) is 17.3 Å². The summed E-state index contributed by atoms with van der Waals surface area (Å²) in [6, 6.07) is 7.75. The second-order valence-electron chi connectivity index (χ2n) is 4.14. The molecule has 2 heterocycles. The van der Waals surface area contributed by atoms with Crippen molar-refractivity contribution in [1.82, 2.24) is 10.1 Å². The van der Waals surface area contributed by atoms with Crippen molar-refractivity contribution in [3.63, 3.8) is 0 Å². The zero-order valence-corrected chi connectivity index (χ0v) is 11.5. The zero-order chi connectivity index (χ0) is 13.2. The van der Waals surface area contributed by atoms with Crippen molar-refractivity contribution in [3.8, 4) is 5.75 Å². The number of nitrogens with zero attached hydrogens (tertiary/aromatic N) is 2. The van der Waals surface area contributed by atoms with Crippen LogP contribution in [0.4, 0.5) is 5.13 Å². The van der Waals surface area contributed by atoms with Crippen molar-refractivity contribution in [2.75, 3.05) is 12.4 Å². The molecule has 98 valence electrons. The number of benzene rings is 1. The van der Waals surface area contributed by atoms with E-state index in [1.165, 1.54) is 0 Å². The lowest BCUT2D eigenvalue weighted by Crippen LogP contribution is -1.96. The first-order valence-electron chi connectivity index (χ1n) is 5.85. The Morgan fingerprint density at radius 1 is 1.37 bits per heavy atom. The smallest absolute Gasteiger partial charge is 0.184 e. The lowest BCUT2D eigenvalue weighted by Gasteiger charge is -1.96. The summed E-state index contributed by atoms with van der Waals surface area (Å²) in [4.78, 5) is 4.50. The van der Waals surface area contributed by atoms with Crippen LogP contribution in [0.5, 0.6) is 5.75 Å². The molecule has 2 aromatic heterocycles. The first-order chi connectivity index (χ1) is 9.24. The van der Waals surface area contributed by atoms with Gasteiger partial charge in [-0.2, -0.15) is 0 Å². The molecule has 0 amide bonds. The quantitative estimate of drug-likeness (QED) is 0.792. The molecule has 3 rings (SSSR count). The zero-order valence-electron chi connectivity index (χ0n) is 10.6. The summed E-state index contributed by atoms with van der Waals surface area (Å²) in [6.45, 7) is 2.48. The van der Waals surface area contributed by atoms with Crippen molar-refractivity contribution in [2.24, 2.45) is 0 Å². The van der Waals surface area contributed by atoms with E-state index < -0.39 is 0 Å². The fourth-order valence-electron chi connectivity index (χ4n) is 1.77. The monoisotopic (exact) mass is 275 g/mol. The summed E-state index contributed by atoms with van der Waals surface area (Å²) >= 11 is 1.59. The van der Waals surface area contributed by atoms with Crippen molar-refractivity contribution >= 4 is 26.7 Å². The summed E-state index contributed by atoms with van der Waals surface area (Å²) in [5, 5.41) is 7.94. The van der Waals surface area contributed by atoms with Crippen molar-refractivity contribution in [1.29, 1.82) is 0 Å². The molecule has 6 heteroatoms. The highest BCUT2D eigenvalue weighted by molar-refractivity contribution is 7.22. The topological polar surface area (TPSA) is 60.2 Å². The van der Waals surface area contributed by atoms with Gasteiger partial charge in [0.25, 0.3) is 0 Å². The van der Waals surface area contributed by atoms with Gasteiger partial charge in [-0.25, -0.2) is 4.98 Å². The largest absolute Gasteiger partial charge is 0.497 e. The van der Waals surface area contributed by atoms with Gasteiger partial charge < -0.3 is 14.6 Å². The molecule has 0 radical (unpaired) electrons. The van der Waals surface area contributed by atoms with Gasteiger partial charge in [0.05, 0.1) is 29.6 Å². The van der Waals surface area contributed by atoms with Crippen LogP contribution in [0, 0.1) is 6.92 Å². The van der Waals surface area contributed by atoms with Crippen molar-refractivity contribution < 1.29 is 9.26 Å². The maximum atomic E-state index is 5.20. The molecule has 0 fully saturated rings. The molecular weight excluding hydrogens is 262 g/mol. The third-order valence-electron chi connectivity index (χ3n) is 2.69. The van der Waals surface area contributed by atoms with Gasteiger partial charge >= 0.3 is 0 Å². The van der Waals surface area contributed by atoms with Crippen LogP contribution < -0.4 is 10.1 Å². The van der Waals surface area contributed by atoms with Crippen LogP contribution in [-0.2, 0) is 6.54 Å². The van der Waals surface area contributed by atoms with Crippen LogP contribution in [0.3, 0.4) is 0 Å². The van der Waals surface area contributed by atoms with E-state index in [0.29, 0.717) is 6.54 Å². The molecule has 0 aliphatic carbocycles. The molecule has 1 N–H and O–H groups in total. The Hall–Kier alpha value is -2.08. The fraction of sp³-hybridized carbons (Fsp3) is 0.231. The summed E-state index contributed by atoms with van der Waals surface area (Å²) < 4.78 is 11.4. The van der Waals surface area contributed by atoms with Gasteiger partial charge in [0.1, 0.15) is 5.75 Å². The predicted octanol–water partition coefficient (Wildman–Crippen LogP) is 3.21. The lowest BCUT2D eigenvalue weighted by atomic mass is 10.3. The van der Waals surface area contributed by atoms with Crippen LogP contribution in [0.2, 0.25) is 0 Å². The van der Waals surface area contributed by atoms with E-state index in [4.69, 9.17) is 9.26 Å². The minimum atomic E-state index is 0.581. The minimum absolute atomic E-state index is 0.581. The molecular formula is C13H13N3O2S. The highest BCUT2D eigenvalue weighted by Crippen LogP contribution is 2.29. The van der Waals surface area contributed by atoms with Crippen LogP contribution in [0.25, 0.3) is 10.2 Å². The average Bonchev–Trinajstić information content (AvgIpc) is 3.01. The van der Waals surface area contributed by atoms with Gasteiger partial charge in [-0.1, -0.05) is 16.5 Å². The molecule has 0 spiro atoms. The maximum Gasteiger partial charge on any atom is 0.184 e. The second kappa shape index (κ2) is 4.89. The molecule has 19 heavy (non-hydrogen) atoms. The van der Waals surface area contributed by atoms with Gasteiger partial charge in [0, 0.05) is 6.07 Å². The number of ether oxygens (including phenoxy) is 1. The van der Waals surface area contributed by atoms with Crippen LogP contribution >= 0.6 is 11.3 Å². The SMILES string of the molecule is COc1ccc2nc(NCc3cc(C)no3)sc2c1. The third-order valence-corrected chi connectivity index (χ3v) is 3.66. The molecule has 5 nitrogen and oxygen atoms in total. The number of methoxy groups -OCH3 is 1. The average molecular weight is 275 g/mol. The molecule has 0 saturated heterocycles. The Kier molecular flexibility index (Phi) is 3.08. The van der Waals surface area contributed by atoms with Crippen LogP contribution in [0.1, 0.15) is 11.5 Å². The molecule has 0 atom stereocenters. The van der Waals surface area contributed by atoms with E-state index in [2.05, 4.69) is 15.5 Å². The number of hydrogen-bond acceptors (Lipinski definition) is 6. The molecule has 0 aliphatic rings. The number of aryl methyl sites for hydroxylation is 1. The lowest BCUT2D eigenvalue weighted by molar-refractivity contribution is 0.384. The first-order valence-corrected chi connectivity index (χ1v) is 6.67. The second-order valence-corrected chi connectivity index (χ2v) is 5.17. The van der Waals surface area contributed by atoms with Gasteiger partial charge in [-0.15, -0.1) is 0 Å². The highest BCUT2D eigenvalue weighted by atomic mass is 32.1. The van der Waals surface area contributed by atoms with Gasteiger partial charge in [0.2, 0.25) is 0 Å². The normalized spacial score (nSPS) is 10.8. The van der Waals surface area contributed by atoms with Crippen molar-refractivity contribution in [2.45, 2.75) is 13.5 Å². The van der Waals surface area contributed by atoms with Gasteiger partial charge in [-0.3, -0.25) is 0 Å². The van der Waals surface area contributed by atoms with E-state index in [0.717, 1.165) is 32.6 Å². The Bertz CT molecular complexity index is 705. The third kappa shape index (κ3) is 2.53. The number of rotatable bonds is 4. The Morgan fingerprint density at radius 2 is 2.26 bits per heavy atom. The van der Waals surface area contributed by atoms with Gasteiger partial charge in [-0.05, 0) is 25.1 Å². The Labute approximate surface area is 114 Å². The van der Waals surface area contributed by atoms with Crippen molar-refractivity contribution in [3.05, 3.63) is 35.7 Å². The molecule has 1 aromatic carbocycles. The van der Waals surface area contributed by atoms with E-state index in [9.17, 15) is 0 Å². The first kappa shape index (κ1) is 12.0. The predicted molar refractivity (Wildman–Crippen MR) is 74.7 cm³/mol. The number of hydrogen-bond donors (Lipinski definition) is 1. The number of nitrogens with one attached hydrogen (secondary N) is 1. The minimum Gasteiger partial charge on any atom is -0.497 e. The number of anilines is 1. The summed E-state index contributed by atoms with van der Waals surface area (Å²) in [5.41, 5.74) is 1.84. The Balaban J connectivity index is 1.77. The molecule has 0 aliphatic heterocycles. The van der Waals surface area contributed by atoms with E-state index in [1.807, 2.05) is 31.2 Å². The fourth-order valence-corrected chi connectivity index (χ4v) is 2.66. The number of aromatic nitrogens is 2. The van der Waals surface area contributed by atoms with E-state index >= 15 is 0 Å².